The molecule has 0 spiro atoms. The lowest BCUT2D eigenvalue weighted by Crippen LogP contribution is -2.41. The number of nitrogens with two attached hydrogens (primary N) is 1. The molecule has 0 saturated carbocycles. The second kappa shape index (κ2) is 6.87. The standard InChI is InChI=1S/C10H15N3O3S/c11-4-2-5-12-10(16)13-8(9(14)15)7-3-1-6-17-7/h1,3,6,8H,2,4-5,11H2,(H,14,15)(H2,12,13,16). The van der Waals surface area contributed by atoms with Crippen molar-refractivity contribution in [2.24, 2.45) is 5.73 Å². The number of carbonyl (C=O) groups is 2. The van der Waals surface area contributed by atoms with Crippen LogP contribution in [-0.4, -0.2) is 30.2 Å². The third kappa shape index (κ3) is 4.41. The van der Waals surface area contributed by atoms with Crippen LogP contribution in [0.3, 0.4) is 0 Å². The molecule has 94 valence electrons. The summed E-state index contributed by atoms with van der Waals surface area (Å²) in [6.07, 6.45) is 0.657. The van der Waals surface area contributed by atoms with E-state index in [1.807, 2.05) is 0 Å². The zero-order chi connectivity index (χ0) is 12.7. The smallest absolute Gasteiger partial charge is 0.331 e. The Kier molecular flexibility index (Phi) is 5.44. The summed E-state index contributed by atoms with van der Waals surface area (Å²) in [6, 6.07) is 1.90. The van der Waals surface area contributed by atoms with Crippen molar-refractivity contribution < 1.29 is 14.7 Å². The first kappa shape index (κ1) is 13.5. The first-order valence-corrected chi connectivity index (χ1v) is 6.03. The van der Waals surface area contributed by atoms with Crippen LogP contribution in [0.25, 0.3) is 0 Å². The minimum atomic E-state index is -1.08. The average Bonchev–Trinajstić information content (AvgIpc) is 2.79. The molecule has 6 nitrogen and oxygen atoms in total. The van der Waals surface area contributed by atoms with Crippen molar-refractivity contribution >= 4 is 23.3 Å². The summed E-state index contributed by atoms with van der Waals surface area (Å²) in [6.45, 7) is 0.909. The number of hydrogen-bond acceptors (Lipinski definition) is 4. The lowest BCUT2D eigenvalue weighted by atomic mass is 10.2. The molecule has 0 bridgehead atoms. The molecule has 0 saturated heterocycles. The minimum absolute atomic E-state index is 0.430. The molecule has 1 atom stereocenters. The molecule has 17 heavy (non-hydrogen) atoms. The third-order valence-electron chi connectivity index (χ3n) is 2.02. The van der Waals surface area contributed by atoms with Gasteiger partial charge in [0, 0.05) is 11.4 Å². The van der Waals surface area contributed by atoms with E-state index in [1.165, 1.54) is 11.3 Å². The second-order valence-electron chi connectivity index (χ2n) is 3.33. The van der Waals surface area contributed by atoms with Crippen LogP contribution in [0.2, 0.25) is 0 Å². The second-order valence-corrected chi connectivity index (χ2v) is 4.31. The SMILES string of the molecule is NCCCNC(=O)NC(C(=O)O)c1cccs1. The van der Waals surface area contributed by atoms with Crippen molar-refractivity contribution in [3.8, 4) is 0 Å². The first-order valence-electron chi connectivity index (χ1n) is 5.15. The van der Waals surface area contributed by atoms with Gasteiger partial charge in [-0.2, -0.15) is 0 Å². The van der Waals surface area contributed by atoms with Gasteiger partial charge in [-0.05, 0) is 24.4 Å². The maximum atomic E-state index is 11.4. The molecule has 0 aliphatic heterocycles. The Morgan fingerprint density at radius 1 is 1.53 bits per heavy atom. The van der Waals surface area contributed by atoms with Crippen LogP contribution < -0.4 is 16.4 Å². The van der Waals surface area contributed by atoms with E-state index in [4.69, 9.17) is 10.8 Å². The van der Waals surface area contributed by atoms with Gasteiger partial charge in [-0.25, -0.2) is 9.59 Å². The van der Waals surface area contributed by atoms with E-state index in [0.29, 0.717) is 24.4 Å². The predicted octanol–water partition coefficient (Wildman–Crippen LogP) is 0.522. The van der Waals surface area contributed by atoms with Crippen molar-refractivity contribution in [1.29, 1.82) is 0 Å². The van der Waals surface area contributed by atoms with E-state index in [1.54, 1.807) is 17.5 Å². The Bertz CT molecular complexity index is 367. The Hall–Kier alpha value is -1.60. The van der Waals surface area contributed by atoms with Gasteiger partial charge < -0.3 is 21.5 Å². The van der Waals surface area contributed by atoms with E-state index in [0.717, 1.165) is 0 Å². The van der Waals surface area contributed by atoms with Crippen LogP contribution in [-0.2, 0) is 4.79 Å². The summed E-state index contributed by atoms with van der Waals surface area (Å²) in [5.74, 6) is -1.08. The number of rotatable bonds is 6. The minimum Gasteiger partial charge on any atom is -0.479 e. The Balaban J connectivity index is 2.51. The first-order chi connectivity index (χ1) is 8.15. The summed E-state index contributed by atoms with van der Waals surface area (Å²) < 4.78 is 0. The van der Waals surface area contributed by atoms with Gasteiger partial charge >= 0.3 is 12.0 Å². The van der Waals surface area contributed by atoms with Crippen LogP contribution in [0.5, 0.6) is 0 Å². The molecule has 1 rings (SSSR count). The van der Waals surface area contributed by atoms with Gasteiger partial charge in [0.15, 0.2) is 6.04 Å². The summed E-state index contributed by atoms with van der Waals surface area (Å²) in [5.41, 5.74) is 5.28. The molecule has 2 amide bonds. The van der Waals surface area contributed by atoms with Crippen LogP contribution >= 0.6 is 11.3 Å². The number of aliphatic carboxylic acids is 1. The van der Waals surface area contributed by atoms with Gasteiger partial charge in [-0.1, -0.05) is 6.07 Å². The van der Waals surface area contributed by atoms with Gasteiger partial charge in [-0.3, -0.25) is 0 Å². The fraction of sp³-hybridized carbons (Fsp3) is 0.400. The van der Waals surface area contributed by atoms with Gasteiger partial charge in [0.1, 0.15) is 0 Å². The lowest BCUT2D eigenvalue weighted by Gasteiger charge is -2.13. The Morgan fingerprint density at radius 2 is 2.29 bits per heavy atom. The van der Waals surface area contributed by atoms with E-state index < -0.39 is 18.0 Å². The normalized spacial score (nSPS) is 11.8. The molecular weight excluding hydrogens is 242 g/mol. The van der Waals surface area contributed by atoms with Crippen LogP contribution in [0.1, 0.15) is 17.3 Å². The molecular formula is C10H15N3O3S. The van der Waals surface area contributed by atoms with E-state index in [9.17, 15) is 9.59 Å². The van der Waals surface area contributed by atoms with E-state index in [-0.39, 0.29) is 0 Å². The summed E-state index contributed by atoms with van der Waals surface area (Å²) in [7, 11) is 0. The highest BCUT2D eigenvalue weighted by Crippen LogP contribution is 2.18. The van der Waals surface area contributed by atoms with Gasteiger partial charge in [0.2, 0.25) is 0 Å². The highest BCUT2D eigenvalue weighted by molar-refractivity contribution is 7.10. The lowest BCUT2D eigenvalue weighted by molar-refractivity contribution is -0.139. The number of nitrogens with one attached hydrogen (secondary N) is 2. The monoisotopic (exact) mass is 257 g/mol. The Morgan fingerprint density at radius 3 is 2.82 bits per heavy atom. The topological polar surface area (TPSA) is 104 Å². The van der Waals surface area contributed by atoms with Gasteiger partial charge in [-0.15, -0.1) is 11.3 Å². The van der Waals surface area contributed by atoms with Crippen molar-refractivity contribution in [2.75, 3.05) is 13.1 Å². The van der Waals surface area contributed by atoms with Crippen LogP contribution in [0.15, 0.2) is 17.5 Å². The third-order valence-corrected chi connectivity index (χ3v) is 2.95. The molecule has 0 radical (unpaired) electrons. The quantitative estimate of drug-likeness (QED) is 0.558. The number of urea groups is 1. The highest BCUT2D eigenvalue weighted by atomic mass is 32.1. The summed E-state index contributed by atoms with van der Waals surface area (Å²) >= 11 is 1.29. The molecule has 5 N–H and O–H groups in total. The molecule has 1 aromatic heterocycles. The van der Waals surface area contributed by atoms with Crippen molar-refractivity contribution in [3.05, 3.63) is 22.4 Å². The van der Waals surface area contributed by atoms with Crippen LogP contribution in [0.4, 0.5) is 4.79 Å². The van der Waals surface area contributed by atoms with Gasteiger partial charge in [0.05, 0.1) is 0 Å². The molecule has 0 aliphatic carbocycles. The zero-order valence-electron chi connectivity index (χ0n) is 9.18. The molecule has 0 fully saturated rings. The van der Waals surface area contributed by atoms with Crippen molar-refractivity contribution in [3.63, 3.8) is 0 Å². The van der Waals surface area contributed by atoms with Crippen molar-refractivity contribution in [2.45, 2.75) is 12.5 Å². The highest BCUT2D eigenvalue weighted by Gasteiger charge is 2.22. The van der Waals surface area contributed by atoms with E-state index >= 15 is 0 Å². The molecule has 1 heterocycles. The fourth-order valence-electron chi connectivity index (χ4n) is 1.20. The molecule has 7 heteroatoms. The van der Waals surface area contributed by atoms with E-state index in [2.05, 4.69) is 10.6 Å². The number of amides is 2. The number of carboxylic acids is 1. The van der Waals surface area contributed by atoms with Gasteiger partial charge in [0.25, 0.3) is 0 Å². The molecule has 1 aromatic rings. The zero-order valence-corrected chi connectivity index (χ0v) is 10.00. The maximum Gasteiger partial charge on any atom is 0.331 e. The molecule has 0 aliphatic rings. The largest absolute Gasteiger partial charge is 0.479 e. The Labute approximate surface area is 103 Å². The number of thiophene rings is 1. The summed E-state index contributed by atoms with van der Waals surface area (Å²) in [5, 5.41) is 15.7. The number of hydrogen-bond donors (Lipinski definition) is 4. The molecule has 1 unspecified atom stereocenters. The number of carbonyl (C=O) groups excluding carboxylic acids is 1. The van der Waals surface area contributed by atoms with Crippen molar-refractivity contribution in [1.82, 2.24) is 10.6 Å². The fourth-order valence-corrected chi connectivity index (χ4v) is 1.96. The molecule has 0 aromatic carbocycles. The maximum absolute atomic E-state index is 11.4. The van der Waals surface area contributed by atoms with Crippen LogP contribution in [0, 0.1) is 0 Å². The average molecular weight is 257 g/mol. The number of carboxylic acid groups (broad SMARTS) is 1. The predicted molar refractivity (Wildman–Crippen MR) is 64.9 cm³/mol. The summed E-state index contributed by atoms with van der Waals surface area (Å²) in [4.78, 5) is 23.0.